The number of fused-ring (bicyclic) bond motifs is 1. The third-order valence-corrected chi connectivity index (χ3v) is 4.82. The van der Waals surface area contributed by atoms with E-state index in [1.54, 1.807) is 6.20 Å². The van der Waals surface area contributed by atoms with Crippen molar-refractivity contribution < 1.29 is 0 Å². The molecule has 0 amide bonds. The molecule has 0 radical (unpaired) electrons. The van der Waals surface area contributed by atoms with Gasteiger partial charge in [0.15, 0.2) is 5.65 Å². The average molecular weight is 376 g/mol. The highest BCUT2D eigenvalue weighted by Crippen LogP contribution is 2.24. The van der Waals surface area contributed by atoms with Crippen LogP contribution in [0, 0.1) is 11.3 Å². The van der Waals surface area contributed by atoms with Crippen LogP contribution < -0.4 is 0 Å². The summed E-state index contributed by atoms with van der Waals surface area (Å²) in [6.45, 7) is 0.713. The van der Waals surface area contributed by atoms with Gasteiger partial charge in [-0.25, -0.2) is 4.98 Å². The highest BCUT2D eigenvalue weighted by molar-refractivity contribution is 5.66. The number of benzene rings is 2. The third-order valence-electron chi connectivity index (χ3n) is 4.82. The van der Waals surface area contributed by atoms with E-state index in [4.69, 9.17) is 5.26 Å². The lowest BCUT2D eigenvalue weighted by Crippen LogP contribution is -1.99. The van der Waals surface area contributed by atoms with Crippen LogP contribution in [0.15, 0.2) is 85.6 Å². The van der Waals surface area contributed by atoms with Gasteiger partial charge in [-0.1, -0.05) is 42.5 Å². The van der Waals surface area contributed by atoms with Gasteiger partial charge >= 0.3 is 0 Å². The number of nitrogens with zero attached hydrogens (tertiary/aromatic N) is 6. The molecule has 0 bridgehead atoms. The molecule has 0 atom stereocenters. The second kappa shape index (κ2) is 7.06. The minimum Gasteiger partial charge on any atom is -0.296 e. The smallest absolute Gasteiger partial charge is 0.155 e. The summed E-state index contributed by atoms with van der Waals surface area (Å²) in [5.41, 5.74) is 6.31. The summed E-state index contributed by atoms with van der Waals surface area (Å²) in [6.07, 6.45) is 9.38. The van der Waals surface area contributed by atoms with Crippen molar-refractivity contribution in [3.8, 4) is 28.6 Å². The van der Waals surface area contributed by atoms with Gasteiger partial charge in [0.05, 0.1) is 48.2 Å². The molecule has 0 spiro atoms. The number of rotatable bonds is 4. The Morgan fingerprint density at radius 3 is 2.45 bits per heavy atom. The quantitative estimate of drug-likeness (QED) is 0.472. The van der Waals surface area contributed by atoms with Gasteiger partial charge in [0, 0.05) is 23.5 Å². The van der Waals surface area contributed by atoms with E-state index in [2.05, 4.69) is 33.3 Å². The largest absolute Gasteiger partial charge is 0.296 e. The Morgan fingerprint density at radius 1 is 0.828 bits per heavy atom. The molecule has 0 saturated carbocycles. The van der Waals surface area contributed by atoms with E-state index < -0.39 is 0 Å². The molecule has 6 heteroatoms. The van der Waals surface area contributed by atoms with Crippen LogP contribution in [0.2, 0.25) is 0 Å². The van der Waals surface area contributed by atoms with Gasteiger partial charge in [0.2, 0.25) is 0 Å². The Balaban J connectivity index is 1.49. The Morgan fingerprint density at radius 2 is 1.66 bits per heavy atom. The van der Waals surface area contributed by atoms with Crippen molar-refractivity contribution in [2.45, 2.75) is 6.54 Å². The molecule has 29 heavy (non-hydrogen) atoms. The Bertz CT molecular complexity index is 1320. The van der Waals surface area contributed by atoms with Crippen molar-refractivity contribution in [1.29, 1.82) is 5.26 Å². The SMILES string of the molecule is N#Cc1ccc(-c2cnc3cnc(-c4cnn(Cc5ccccc5)c4)cn23)cc1. The van der Waals surface area contributed by atoms with E-state index in [-0.39, 0.29) is 0 Å². The minimum atomic E-state index is 0.635. The standard InChI is InChI=1S/C23H16N6/c24-10-17-6-8-19(9-7-17)22-12-26-23-13-25-21(16-29(22)23)20-11-27-28(15-20)14-18-4-2-1-3-5-18/h1-9,11-13,15-16H,14H2. The van der Waals surface area contributed by atoms with Crippen LogP contribution >= 0.6 is 0 Å². The number of nitriles is 1. The van der Waals surface area contributed by atoms with Crippen molar-refractivity contribution >= 4 is 5.65 Å². The summed E-state index contributed by atoms with van der Waals surface area (Å²) in [7, 11) is 0. The Kier molecular flexibility index (Phi) is 4.11. The van der Waals surface area contributed by atoms with Gasteiger partial charge in [0.1, 0.15) is 0 Å². The lowest BCUT2D eigenvalue weighted by molar-refractivity contribution is 0.687. The van der Waals surface area contributed by atoms with E-state index in [9.17, 15) is 0 Å². The Hall–Kier alpha value is -4.24. The summed E-state index contributed by atoms with van der Waals surface area (Å²) in [5.74, 6) is 0. The van der Waals surface area contributed by atoms with Crippen LogP contribution in [0.5, 0.6) is 0 Å². The number of imidazole rings is 1. The maximum atomic E-state index is 9.00. The monoisotopic (exact) mass is 376 g/mol. The van der Waals surface area contributed by atoms with Crippen LogP contribution in [-0.4, -0.2) is 24.1 Å². The van der Waals surface area contributed by atoms with Crippen molar-refractivity contribution in [3.63, 3.8) is 0 Å². The highest BCUT2D eigenvalue weighted by atomic mass is 15.3. The van der Waals surface area contributed by atoms with Gasteiger partial charge in [-0.3, -0.25) is 14.1 Å². The van der Waals surface area contributed by atoms with E-state index in [1.807, 2.05) is 76.3 Å². The molecule has 0 unspecified atom stereocenters. The number of hydrogen-bond acceptors (Lipinski definition) is 4. The first-order valence-corrected chi connectivity index (χ1v) is 9.20. The summed E-state index contributed by atoms with van der Waals surface area (Å²) in [6, 6.07) is 19.9. The fraction of sp³-hybridized carbons (Fsp3) is 0.0435. The molecule has 138 valence electrons. The van der Waals surface area contributed by atoms with Gasteiger partial charge in [-0.2, -0.15) is 10.4 Å². The van der Waals surface area contributed by atoms with E-state index in [0.717, 1.165) is 28.2 Å². The molecule has 0 saturated heterocycles. The van der Waals surface area contributed by atoms with Crippen molar-refractivity contribution in [2.75, 3.05) is 0 Å². The zero-order valence-corrected chi connectivity index (χ0v) is 15.5. The first-order valence-electron chi connectivity index (χ1n) is 9.20. The fourth-order valence-corrected chi connectivity index (χ4v) is 3.32. The van der Waals surface area contributed by atoms with Crippen LogP contribution in [-0.2, 0) is 6.54 Å². The van der Waals surface area contributed by atoms with E-state index >= 15 is 0 Å². The van der Waals surface area contributed by atoms with Gasteiger partial charge in [-0.05, 0) is 17.7 Å². The van der Waals surface area contributed by atoms with Crippen molar-refractivity contribution in [2.24, 2.45) is 0 Å². The zero-order chi connectivity index (χ0) is 19.6. The molecule has 0 aliphatic heterocycles. The van der Waals surface area contributed by atoms with Gasteiger partial charge in [0.25, 0.3) is 0 Å². The summed E-state index contributed by atoms with van der Waals surface area (Å²) in [5, 5.41) is 13.5. The summed E-state index contributed by atoms with van der Waals surface area (Å²) in [4.78, 5) is 9.00. The fourth-order valence-electron chi connectivity index (χ4n) is 3.32. The molecule has 0 aliphatic carbocycles. The average Bonchev–Trinajstić information content (AvgIpc) is 3.41. The third kappa shape index (κ3) is 3.26. The number of hydrogen-bond donors (Lipinski definition) is 0. The molecule has 0 N–H and O–H groups in total. The second-order valence-electron chi connectivity index (χ2n) is 6.75. The summed E-state index contributed by atoms with van der Waals surface area (Å²) < 4.78 is 3.92. The highest BCUT2D eigenvalue weighted by Gasteiger charge is 2.10. The molecule has 2 aromatic carbocycles. The molecule has 0 fully saturated rings. The summed E-state index contributed by atoms with van der Waals surface area (Å²) >= 11 is 0. The van der Waals surface area contributed by atoms with Crippen molar-refractivity contribution in [1.82, 2.24) is 24.1 Å². The van der Waals surface area contributed by atoms with Crippen molar-refractivity contribution in [3.05, 3.63) is 96.7 Å². The molecule has 3 aromatic heterocycles. The lowest BCUT2D eigenvalue weighted by atomic mass is 10.1. The maximum absolute atomic E-state index is 9.00. The molecule has 0 aliphatic rings. The van der Waals surface area contributed by atoms with Gasteiger partial charge < -0.3 is 0 Å². The topological polar surface area (TPSA) is 71.8 Å². The normalized spacial score (nSPS) is 10.9. The van der Waals surface area contributed by atoms with E-state index in [1.165, 1.54) is 5.56 Å². The molecular formula is C23H16N6. The predicted octanol–water partition coefficient (Wildman–Crippen LogP) is 4.18. The van der Waals surface area contributed by atoms with Crippen LogP contribution in [0.3, 0.4) is 0 Å². The molecule has 3 heterocycles. The van der Waals surface area contributed by atoms with Crippen LogP contribution in [0.1, 0.15) is 11.1 Å². The Labute approximate surface area is 167 Å². The second-order valence-corrected chi connectivity index (χ2v) is 6.75. The molecular weight excluding hydrogens is 360 g/mol. The molecule has 5 aromatic rings. The first kappa shape index (κ1) is 16.9. The number of aromatic nitrogens is 5. The van der Waals surface area contributed by atoms with Gasteiger partial charge in [-0.15, -0.1) is 0 Å². The molecule has 5 rings (SSSR count). The molecule has 6 nitrogen and oxygen atoms in total. The van der Waals surface area contributed by atoms with Crippen LogP contribution in [0.4, 0.5) is 0 Å². The predicted molar refractivity (Wildman–Crippen MR) is 110 cm³/mol. The van der Waals surface area contributed by atoms with E-state index in [0.29, 0.717) is 12.1 Å². The first-order chi connectivity index (χ1) is 14.3. The zero-order valence-electron chi connectivity index (χ0n) is 15.5. The lowest BCUT2D eigenvalue weighted by Gasteiger charge is -2.04. The minimum absolute atomic E-state index is 0.635. The maximum Gasteiger partial charge on any atom is 0.155 e. The van der Waals surface area contributed by atoms with Crippen LogP contribution in [0.25, 0.3) is 28.2 Å².